The molecule has 1 heterocycles. The molecule has 1 aromatic rings. The number of likely N-dealkylation sites (N-methyl/N-ethyl adjacent to an activating group) is 1. The first-order valence-electron chi connectivity index (χ1n) is 7.50. The molecule has 1 aromatic carbocycles. The van der Waals surface area contributed by atoms with Crippen molar-refractivity contribution in [3.63, 3.8) is 0 Å². The van der Waals surface area contributed by atoms with Gasteiger partial charge in [-0.3, -0.25) is 4.79 Å². The fourth-order valence-corrected chi connectivity index (χ4v) is 3.12. The standard InChI is InChI=1S/C17H26N2O.ClH/c1-13-9-8-10-14(2)15(13)18-16(20)17(3,4)19(5)11-6-7-12-19;/h8-10H,6-7,11-12H2,1-5H3;1H. The lowest BCUT2D eigenvalue weighted by Crippen LogP contribution is -3.00. The molecule has 1 N–H and O–H groups in total. The van der Waals surface area contributed by atoms with E-state index in [2.05, 4.69) is 26.2 Å². The number of aryl methyl sites for hydroxylation is 2. The van der Waals surface area contributed by atoms with Crippen molar-refractivity contribution >= 4 is 11.6 Å². The average molecular weight is 311 g/mol. The molecule has 118 valence electrons. The van der Waals surface area contributed by atoms with Crippen LogP contribution in [-0.2, 0) is 4.79 Å². The fraction of sp³-hybridized carbons (Fsp3) is 0.588. The van der Waals surface area contributed by atoms with Crippen LogP contribution >= 0.6 is 0 Å². The minimum atomic E-state index is -0.398. The van der Waals surface area contributed by atoms with Crippen molar-refractivity contribution in [1.29, 1.82) is 0 Å². The number of halogens is 1. The number of hydrogen-bond acceptors (Lipinski definition) is 1. The summed E-state index contributed by atoms with van der Waals surface area (Å²) in [6.07, 6.45) is 2.44. The maximum absolute atomic E-state index is 12.8. The minimum Gasteiger partial charge on any atom is -1.00 e. The number of nitrogens with zero attached hydrogens (tertiary/aromatic N) is 1. The number of nitrogens with one attached hydrogen (secondary N) is 1. The summed E-state index contributed by atoms with van der Waals surface area (Å²) in [5.41, 5.74) is 2.82. The molecule has 0 aromatic heterocycles. The van der Waals surface area contributed by atoms with Gasteiger partial charge in [0.05, 0.1) is 20.1 Å². The Balaban J connectivity index is 0.00000220. The van der Waals surface area contributed by atoms with Crippen LogP contribution in [0.25, 0.3) is 0 Å². The molecule has 1 aliphatic heterocycles. The van der Waals surface area contributed by atoms with E-state index in [9.17, 15) is 4.79 Å². The molecule has 0 saturated carbocycles. The highest BCUT2D eigenvalue weighted by atomic mass is 35.5. The van der Waals surface area contributed by atoms with Gasteiger partial charge in [-0.15, -0.1) is 0 Å². The molecule has 1 amide bonds. The number of carbonyl (C=O) groups is 1. The summed E-state index contributed by atoms with van der Waals surface area (Å²) >= 11 is 0. The maximum Gasteiger partial charge on any atom is 0.285 e. The van der Waals surface area contributed by atoms with E-state index in [4.69, 9.17) is 0 Å². The SMILES string of the molecule is Cc1cccc(C)c1NC(=O)C(C)(C)[N+]1(C)CCCC1.[Cl-]. The molecule has 21 heavy (non-hydrogen) atoms. The monoisotopic (exact) mass is 310 g/mol. The minimum absolute atomic E-state index is 0. The summed E-state index contributed by atoms with van der Waals surface area (Å²) in [6, 6.07) is 6.11. The van der Waals surface area contributed by atoms with Crippen LogP contribution in [0, 0.1) is 13.8 Å². The van der Waals surface area contributed by atoms with Crippen molar-refractivity contribution in [2.24, 2.45) is 0 Å². The molecule has 0 aliphatic carbocycles. The van der Waals surface area contributed by atoms with Crippen LogP contribution in [0.15, 0.2) is 18.2 Å². The quantitative estimate of drug-likeness (QED) is 0.798. The average Bonchev–Trinajstić information content (AvgIpc) is 2.82. The highest BCUT2D eigenvalue weighted by Gasteiger charge is 2.48. The van der Waals surface area contributed by atoms with Crippen LogP contribution in [-0.4, -0.2) is 36.1 Å². The molecule has 1 aliphatic rings. The van der Waals surface area contributed by atoms with E-state index < -0.39 is 5.54 Å². The van der Waals surface area contributed by atoms with Gasteiger partial charge >= 0.3 is 0 Å². The van der Waals surface area contributed by atoms with Gasteiger partial charge in [0, 0.05) is 18.5 Å². The van der Waals surface area contributed by atoms with Crippen molar-refractivity contribution < 1.29 is 21.7 Å². The van der Waals surface area contributed by atoms with E-state index >= 15 is 0 Å². The Kier molecular flexibility index (Phi) is 5.46. The number of para-hydroxylation sites is 1. The largest absolute Gasteiger partial charge is 1.00 e. The normalized spacial score (nSPS) is 17.2. The number of amides is 1. The number of benzene rings is 1. The van der Waals surface area contributed by atoms with E-state index in [0.717, 1.165) is 34.4 Å². The zero-order valence-corrected chi connectivity index (χ0v) is 14.5. The van der Waals surface area contributed by atoms with Crippen LogP contribution in [0.4, 0.5) is 5.69 Å². The smallest absolute Gasteiger partial charge is 0.285 e. The zero-order chi connectivity index (χ0) is 15.0. The predicted molar refractivity (Wildman–Crippen MR) is 83.8 cm³/mol. The second-order valence-corrected chi connectivity index (χ2v) is 6.83. The molecular formula is C17H27ClN2O. The molecule has 1 fully saturated rings. The first-order valence-corrected chi connectivity index (χ1v) is 7.50. The number of anilines is 1. The third-order valence-electron chi connectivity index (χ3n) is 5.18. The van der Waals surface area contributed by atoms with E-state index in [0.29, 0.717) is 0 Å². The molecule has 0 atom stereocenters. The Morgan fingerprint density at radius 1 is 1.14 bits per heavy atom. The summed E-state index contributed by atoms with van der Waals surface area (Å²) in [7, 11) is 2.21. The van der Waals surface area contributed by atoms with Gasteiger partial charge in [0.25, 0.3) is 5.91 Å². The summed E-state index contributed by atoms with van der Waals surface area (Å²) < 4.78 is 0.837. The van der Waals surface area contributed by atoms with Gasteiger partial charge in [-0.1, -0.05) is 18.2 Å². The van der Waals surface area contributed by atoms with Crippen LogP contribution in [0.2, 0.25) is 0 Å². The summed E-state index contributed by atoms with van der Waals surface area (Å²) in [4.78, 5) is 12.8. The van der Waals surface area contributed by atoms with Gasteiger partial charge in [0.2, 0.25) is 0 Å². The van der Waals surface area contributed by atoms with Gasteiger partial charge in [-0.25, -0.2) is 0 Å². The van der Waals surface area contributed by atoms with Gasteiger partial charge < -0.3 is 22.2 Å². The molecule has 0 unspecified atom stereocenters. The fourth-order valence-electron chi connectivity index (χ4n) is 3.12. The third kappa shape index (κ3) is 3.24. The predicted octanol–water partition coefficient (Wildman–Crippen LogP) is 0.265. The van der Waals surface area contributed by atoms with Gasteiger partial charge in [0.15, 0.2) is 5.54 Å². The Hall–Kier alpha value is -1.06. The first kappa shape index (κ1) is 18.0. The highest BCUT2D eigenvalue weighted by Crippen LogP contribution is 2.31. The van der Waals surface area contributed by atoms with E-state index in [1.807, 2.05) is 32.0 Å². The lowest BCUT2D eigenvalue weighted by atomic mass is 9.98. The van der Waals surface area contributed by atoms with Crippen molar-refractivity contribution in [2.45, 2.75) is 46.1 Å². The Morgan fingerprint density at radius 3 is 2.10 bits per heavy atom. The topological polar surface area (TPSA) is 29.1 Å². The second kappa shape index (κ2) is 6.37. The molecule has 3 nitrogen and oxygen atoms in total. The summed E-state index contributed by atoms with van der Waals surface area (Å²) in [5, 5.41) is 3.17. The van der Waals surface area contributed by atoms with E-state index in [-0.39, 0.29) is 18.3 Å². The number of likely N-dealkylation sites (tertiary alicyclic amines) is 1. The first-order chi connectivity index (χ1) is 9.28. The molecular weight excluding hydrogens is 284 g/mol. The molecule has 1 saturated heterocycles. The number of carbonyl (C=O) groups excluding carboxylic acids is 1. The van der Waals surface area contributed by atoms with Crippen molar-refractivity contribution in [3.8, 4) is 0 Å². The van der Waals surface area contributed by atoms with Crippen LogP contribution < -0.4 is 17.7 Å². The van der Waals surface area contributed by atoms with E-state index in [1.54, 1.807) is 0 Å². The van der Waals surface area contributed by atoms with Crippen LogP contribution in [0.5, 0.6) is 0 Å². The van der Waals surface area contributed by atoms with Crippen LogP contribution in [0.1, 0.15) is 37.8 Å². The maximum atomic E-state index is 12.8. The third-order valence-corrected chi connectivity index (χ3v) is 5.18. The summed E-state index contributed by atoms with van der Waals surface area (Å²) in [6.45, 7) is 10.4. The Bertz CT molecular complexity index is 499. The van der Waals surface area contributed by atoms with E-state index in [1.165, 1.54) is 12.8 Å². The van der Waals surface area contributed by atoms with Crippen LogP contribution in [0.3, 0.4) is 0 Å². The zero-order valence-electron chi connectivity index (χ0n) is 13.8. The lowest BCUT2D eigenvalue weighted by molar-refractivity contribution is -0.934. The molecule has 0 radical (unpaired) electrons. The molecule has 0 bridgehead atoms. The second-order valence-electron chi connectivity index (χ2n) is 6.83. The lowest BCUT2D eigenvalue weighted by Gasteiger charge is -2.43. The van der Waals surface area contributed by atoms with Crippen molar-refractivity contribution in [2.75, 3.05) is 25.5 Å². The van der Waals surface area contributed by atoms with Gasteiger partial charge in [-0.2, -0.15) is 0 Å². The number of rotatable bonds is 3. The Labute approximate surface area is 134 Å². The highest BCUT2D eigenvalue weighted by molar-refractivity contribution is 5.97. The number of hydrogen-bond donors (Lipinski definition) is 1. The number of quaternary nitrogens is 1. The van der Waals surface area contributed by atoms with Gasteiger partial charge in [0.1, 0.15) is 0 Å². The van der Waals surface area contributed by atoms with Crippen molar-refractivity contribution in [1.82, 2.24) is 0 Å². The Morgan fingerprint density at radius 2 is 1.62 bits per heavy atom. The van der Waals surface area contributed by atoms with Crippen molar-refractivity contribution in [3.05, 3.63) is 29.3 Å². The molecule has 4 heteroatoms. The molecule has 2 rings (SSSR count). The summed E-state index contributed by atoms with van der Waals surface area (Å²) in [5.74, 6) is 0.124. The van der Waals surface area contributed by atoms with Gasteiger partial charge in [-0.05, 0) is 38.8 Å². The molecule has 0 spiro atoms.